The quantitative estimate of drug-likeness (QED) is 0.699. The van der Waals surface area contributed by atoms with Gasteiger partial charge in [0.25, 0.3) is 0 Å². The fourth-order valence-electron chi connectivity index (χ4n) is 3.35. The van der Waals surface area contributed by atoms with Crippen LogP contribution >= 0.6 is 0 Å². The summed E-state index contributed by atoms with van der Waals surface area (Å²) in [5, 5.41) is 0. The molecule has 0 saturated carbocycles. The van der Waals surface area contributed by atoms with Crippen LogP contribution in [0, 0.1) is 0 Å². The summed E-state index contributed by atoms with van der Waals surface area (Å²) in [5.41, 5.74) is 2.46. The van der Waals surface area contributed by atoms with E-state index in [1.54, 1.807) is 6.26 Å². The number of rotatable bonds is 3. The maximum Gasteiger partial charge on any atom is 0.162 e. The van der Waals surface area contributed by atoms with Crippen molar-refractivity contribution in [3.05, 3.63) is 84.8 Å². The average molecular weight is 304 g/mol. The summed E-state index contributed by atoms with van der Waals surface area (Å²) in [6.45, 7) is 2.05. The highest BCUT2D eigenvalue weighted by Crippen LogP contribution is 2.36. The van der Waals surface area contributed by atoms with E-state index in [4.69, 9.17) is 4.42 Å². The molecule has 0 spiro atoms. The van der Waals surface area contributed by atoms with Crippen molar-refractivity contribution in [1.29, 1.82) is 0 Å². The Labute approximate surface area is 136 Å². The molecule has 0 atom stereocenters. The van der Waals surface area contributed by atoms with E-state index < -0.39 is 0 Å². The van der Waals surface area contributed by atoms with Gasteiger partial charge in [0.15, 0.2) is 6.17 Å². The zero-order valence-corrected chi connectivity index (χ0v) is 13.0. The van der Waals surface area contributed by atoms with Crippen LogP contribution in [0.25, 0.3) is 0 Å². The molecule has 2 heterocycles. The fourth-order valence-corrected chi connectivity index (χ4v) is 3.35. The number of anilines is 2. The third-order valence-corrected chi connectivity index (χ3v) is 4.36. The lowest BCUT2D eigenvalue weighted by atomic mass is 10.1. The predicted octanol–water partition coefficient (Wildman–Crippen LogP) is 4.70. The van der Waals surface area contributed by atoms with Crippen molar-refractivity contribution in [2.24, 2.45) is 0 Å². The molecular weight excluding hydrogens is 284 g/mol. The molecule has 2 aromatic carbocycles. The maximum atomic E-state index is 5.79. The Morgan fingerprint density at radius 2 is 1.26 bits per heavy atom. The molecule has 1 aliphatic rings. The van der Waals surface area contributed by atoms with E-state index in [-0.39, 0.29) is 6.17 Å². The van der Waals surface area contributed by atoms with Crippen LogP contribution in [0.4, 0.5) is 11.4 Å². The van der Waals surface area contributed by atoms with Gasteiger partial charge in [-0.3, -0.25) is 0 Å². The molecule has 1 aliphatic heterocycles. The van der Waals surface area contributed by atoms with Gasteiger partial charge in [0, 0.05) is 24.5 Å². The van der Waals surface area contributed by atoms with Crippen molar-refractivity contribution >= 4 is 11.4 Å². The molecule has 3 nitrogen and oxygen atoms in total. The highest BCUT2D eigenvalue weighted by molar-refractivity contribution is 5.56. The summed E-state index contributed by atoms with van der Waals surface area (Å²) in [6, 6.07) is 25.2. The minimum atomic E-state index is 0.0866. The maximum absolute atomic E-state index is 5.79. The van der Waals surface area contributed by atoms with Gasteiger partial charge in [-0.25, -0.2) is 0 Å². The summed E-state index contributed by atoms with van der Waals surface area (Å²) in [5.74, 6) is 0.984. The van der Waals surface area contributed by atoms with E-state index in [9.17, 15) is 0 Å². The van der Waals surface area contributed by atoms with Gasteiger partial charge in [-0.2, -0.15) is 0 Å². The van der Waals surface area contributed by atoms with E-state index in [0.29, 0.717) is 0 Å². The monoisotopic (exact) mass is 304 g/mol. The van der Waals surface area contributed by atoms with Crippen molar-refractivity contribution in [2.45, 2.75) is 12.6 Å². The second-order valence-corrected chi connectivity index (χ2v) is 5.80. The van der Waals surface area contributed by atoms with Gasteiger partial charge in [0.1, 0.15) is 5.76 Å². The van der Waals surface area contributed by atoms with E-state index >= 15 is 0 Å². The average Bonchev–Trinajstić information content (AvgIpc) is 3.17. The van der Waals surface area contributed by atoms with Crippen molar-refractivity contribution in [1.82, 2.24) is 0 Å². The normalized spacial score (nSPS) is 15.8. The van der Waals surface area contributed by atoms with Crippen LogP contribution in [0.2, 0.25) is 0 Å². The molecule has 3 heteroatoms. The predicted molar refractivity (Wildman–Crippen MR) is 93.6 cm³/mol. The third kappa shape index (κ3) is 2.70. The first-order valence-electron chi connectivity index (χ1n) is 8.10. The van der Waals surface area contributed by atoms with Gasteiger partial charge >= 0.3 is 0 Å². The molecule has 0 N–H and O–H groups in total. The minimum Gasteiger partial charge on any atom is -0.465 e. The first-order chi connectivity index (χ1) is 11.4. The molecular formula is C20H20N2O. The summed E-state index contributed by atoms with van der Waals surface area (Å²) in [7, 11) is 0. The number of hydrogen-bond donors (Lipinski definition) is 0. The Balaban J connectivity index is 1.77. The molecule has 116 valence electrons. The Bertz CT molecular complexity index is 677. The van der Waals surface area contributed by atoms with Crippen molar-refractivity contribution in [2.75, 3.05) is 22.9 Å². The van der Waals surface area contributed by atoms with E-state index in [0.717, 1.165) is 25.3 Å². The Morgan fingerprint density at radius 3 is 1.74 bits per heavy atom. The molecule has 1 fully saturated rings. The molecule has 23 heavy (non-hydrogen) atoms. The third-order valence-electron chi connectivity index (χ3n) is 4.36. The lowest BCUT2D eigenvalue weighted by molar-refractivity contribution is 0.407. The van der Waals surface area contributed by atoms with Crippen LogP contribution < -0.4 is 9.80 Å². The zero-order chi connectivity index (χ0) is 15.5. The number of furan rings is 1. The van der Waals surface area contributed by atoms with E-state index in [2.05, 4.69) is 76.5 Å². The largest absolute Gasteiger partial charge is 0.465 e. The first kappa shape index (κ1) is 13.9. The summed E-state index contributed by atoms with van der Waals surface area (Å²) >= 11 is 0. The van der Waals surface area contributed by atoms with Gasteiger partial charge < -0.3 is 14.2 Å². The second kappa shape index (κ2) is 6.21. The molecule has 1 saturated heterocycles. The van der Waals surface area contributed by atoms with Gasteiger partial charge in [0.05, 0.1) is 6.26 Å². The zero-order valence-electron chi connectivity index (χ0n) is 13.0. The van der Waals surface area contributed by atoms with Crippen LogP contribution in [0.5, 0.6) is 0 Å². The molecule has 0 aliphatic carbocycles. The highest BCUT2D eigenvalue weighted by Gasteiger charge is 2.32. The molecule has 3 aromatic rings. The Kier molecular flexibility index (Phi) is 3.76. The van der Waals surface area contributed by atoms with Crippen LogP contribution in [-0.2, 0) is 0 Å². The van der Waals surface area contributed by atoms with Crippen molar-refractivity contribution < 1.29 is 4.42 Å². The Hall–Kier alpha value is -2.68. The van der Waals surface area contributed by atoms with E-state index in [1.165, 1.54) is 11.4 Å². The summed E-state index contributed by atoms with van der Waals surface area (Å²) < 4.78 is 5.79. The van der Waals surface area contributed by atoms with Crippen LogP contribution in [0.15, 0.2) is 83.5 Å². The van der Waals surface area contributed by atoms with Crippen molar-refractivity contribution in [3.8, 4) is 0 Å². The Morgan fingerprint density at radius 1 is 0.696 bits per heavy atom. The molecule has 0 bridgehead atoms. The SMILES string of the molecule is c1ccc(N2CCCN(c3ccccc3)C2c2ccco2)cc1. The second-order valence-electron chi connectivity index (χ2n) is 5.80. The number of nitrogens with zero attached hydrogens (tertiary/aromatic N) is 2. The molecule has 0 unspecified atom stereocenters. The first-order valence-corrected chi connectivity index (χ1v) is 8.10. The highest BCUT2D eigenvalue weighted by atomic mass is 16.3. The number of benzene rings is 2. The fraction of sp³-hybridized carbons (Fsp3) is 0.200. The van der Waals surface area contributed by atoms with Gasteiger partial charge in [-0.15, -0.1) is 0 Å². The lowest BCUT2D eigenvalue weighted by Gasteiger charge is -2.45. The molecule has 4 rings (SSSR count). The van der Waals surface area contributed by atoms with Gasteiger partial charge in [-0.05, 0) is 42.8 Å². The summed E-state index contributed by atoms with van der Waals surface area (Å²) in [6.07, 6.45) is 2.97. The molecule has 0 amide bonds. The van der Waals surface area contributed by atoms with Crippen LogP contribution in [0.1, 0.15) is 18.3 Å². The molecule has 0 radical (unpaired) electrons. The topological polar surface area (TPSA) is 19.6 Å². The van der Waals surface area contributed by atoms with Gasteiger partial charge in [0.2, 0.25) is 0 Å². The number of para-hydroxylation sites is 2. The lowest BCUT2D eigenvalue weighted by Crippen LogP contribution is -2.48. The van der Waals surface area contributed by atoms with Crippen LogP contribution in [-0.4, -0.2) is 13.1 Å². The molecule has 1 aromatic heterocycles. The van der Waals surface area contributed by atoms with E-state index in [1.807, 2.05) is 6.07 Å². The summed E-state index contributed by atoms with van der Waals surface area (Å²) in [4.78, 5) is 4.85. The van der Waals surface area contributed by atoms with Crippen molar-refractivity contribution in [3.63, 3.8) is 0 Å². The smallest absolute Gasteiger partial charge is 0.162 e. The van der Waals surface area contributed by atoms with Crippen LogP contribution in [0.3, 0.4) is 0 Å². The minimum absolute atomic E-state index is 0.0866. The standard InChI is InChI=1S/C20H20N2O/c1-3-9-17(10-4-1)21-14-8-15-22(18-11-5-2-6-12-18)20(21)19-13-7-16-23-19/h1-7,9-13,16,20H,8,14-15H2. The van der Waals surface area contributed by atoms with Gasteiger partial charge in [-0.1, -0.05) is 36.4 Å². The number of hydrogen-bond acceptors (Lipinski definition) is 3.